The number of nitro benzene ring substituents is 1. The van der Waals surface area contributed by atoms with Gasteiger partial charge in [0.25, 0.3) is 0 Å². The van der Waals surface area contributed by atoms with Crippen LogP contribution in [-0.4, -0.2) is 22.9 Å². The van der Waals surface area contributed by atoms with Crippen molar-refractivity contribution in [1.29, 1.82) is 0 Å². The van der Waals surface area contributed by atoms with E-state index in [1.54, 1.807) is 0 Å². The number of aromatic hydroxyl groups is 1. The second-order valence-corrected chi connectivity index (χ2v) is 3.36. The van der Waals surface area contributed by atoms with Crippen LogP contribution in [0.25, 0.3) is 0 Å². The van der Waals surface area contributed by atoms with Crippen molar-refractivity contribution in [3.63, 3.8) is 0 Å². The highest BCUT2D eigenvalue weighted by Gasteiger charge is 2.32. The molecule has 0 aliphatic heterocycles. The van der Waals surface area contributed by atoms with Crippen LogP contribution >= 0.6 is 0 Å². The Kier molecular flexibility index (Phi) is 3.31. The third kappa shape index (κ3) is 1.91. The lowest BCUT2D eigenvalue weighted by Gasteiger charge is -2.11. The molecule has 0 spiro atoms. The zero-order valence-electron chi connectivity index (χ0n) is 9.41. The van der Waals surface area contributed by atoms with E-state index in [1.165, 1.54) is 6.92 Å². The van der Waals surface area contributed by atoms with E-state index in [1.807, 2.05) is 0 Å². The van der Waals surface area contributed by atoms with Crippen LogP contribution < -0.4 is 4.74 Å². The first-order chi connectivity index (χ1) is 7.82. The molecule has 0 aromatic heterocycles. The van der Waals surface area contributed by atoms with Crippen LogP contribution in [0.5, 0.6) is 11.5 Å². The lowest BCUT2D eigenvalue weighted by atomic mass is 10.0. The van der Waals surface area contributed by atoms with E-state index in [9.17, 15) is 24.4 Å². The average molecular weight is 243 g/mol. The van der Waals surface area contributed by atoms with Crippen molar-refractivity contribution in [2.45, 2.75) is 13.8 Å². The molecule has 0 saturated carbocycles. The van der Waals surface area contributed by atoms with Crippen LogP contribution in [0.15, 0.2) is 0 Å². The number of ether oxygens (including phenoxy) is 1. The van der Waals surface area contributed by atoms with Crippen LogP contribution in [0.2, 0.25) is 0 Å². The van der Waals surface area contributed by atoms with Crippen molar-refractivity contribution >= 4 is 11.5 Å². The van der Waals surface area contributed by atoms with Gasteiger partial charge in [-0.2, -0.15) is 0 Å². The van der Waals surface area contributed by atoms with E-state index >= 15 is 0 Å². The van der Waals surface area contributed by atoms with Gasteiger partial charge in [0.05, 0.1) is 12.0 Å². The lowest BCUT2D eigenvalue weighted by molar-refractivity contribution is -0.386. The van der Waals surface area contributed by atoms with E-state index < -0.39 is 33.5 Å². The highest BCUT2D eigenvalue weighted by molar-refractivity contribution is 6.00. The van der Waals surface area contributed by atoms with Gasteiger partial charge in [-0.05, 0) is 13.8 Å². The smallest absolute Gasteiger partial charge is 0.325 e. The number of hydrogen-bond donors (Lipinski definition) is 1. The van der Waals surface area contributed by atoms with Crippen molar-refractivity contribution in [2.24, 2.45) is 0 Å². The van der Waals surface area contributed by atoms with Gasteiger partial charge in [0.2, 0.25) is 5.75 Å². The number of phenols is 1. The predicted octanol–water partition coefficient (Wildman–Crippen LogP) is 1.96. The molecule has 0 saturated heterocycles. The molecule has 0 aliphatic carbocycles. The van der Waals surface area contributed by atoms with Crippen LogP contribution in [0.4, 0.5) is 10.1 Å². The van der Waals surface area contributed by atoms with Crippen LogP contribution in [0, 0.1) is 22.9 Å². The molecule has 1 N–H and O–H groups in total. The Morgan fingerprint density at radius 1 is 1.53 bits per heavy atom. The monoisotopic (exact) mass is 243 g/mol. The second-order valence-electron chi connectivity index (χ2n) is 3.36. The third-order valence-electron chi connectivity index (χ3n) is 2.31. The Morgan fingerprint density at radius 2 is 2.06 bits per heavy atom. The van der Waals surface area contributed by atoms with Crippen LogP contribution in [0.3, 0.4) is 0 Å². The molecule has 0 fully saturated rings. The number of methoxy groups -OCH3 is 1. The van der Waals surface area contributed by atoms with E-state index in [-0.39, 0.29) is 11.3 Å². The Balaban J connectivity index is 3.86. The lowest BCUT2D eigenvalue weighted by Crippen LogP contribution is -2.07. The first-order valence-electron chi connectivity index (χ1n) is 4.57. The maximum Gasteiger partial charge on any atom is 0.325 e. The zero-order valence-corrected chi connectivity index (χ0v) is 9.41. The molecule has 0 atom stereocenters. The van der Waals surface area contributed by atoms with Gasteiger partial charge in [-0.3, -0.25) is 14.9 Å². The number of Topliss-reactive ketones (excluding diaryl/α,β-unsaturated/α-hetero) is 1. The molecule has 17 heavy (non-hydrogen) atoms. The summed E-state index contributed by atoms with van der Waals surface area (Å²) in [5, 5.41) is 20.3. The fraction of sp³-hybridized carbons (Fsp3) is 0.300. The van der Waals surface area contributed by atoms with Gasteiger partial charge >= 0.3 is 5.69 Å². The highest BCUT2D eigenvalue weighted by Crippen LogP contribution is 2.41. The normalized spacial score (nSPS) is 10.1. The van der Waals surface area contributed by atoms with Crippen molar-refractivity contribution < 1.29 is 24.0 Å². The zero-order chi connectivity index (χ0) is 13.3. The van der Waals surface area contributed by atoms with E-state index in [2.05, 4.69) is 0 Å². The number of benzene rings is 1. The molecule has 1 aromatic rings. The minimum Gasteiger partial charge on any atom is -0.505 e. The first-order valence-corrected chi connectivity index (χ1v) is 4.57. The second kappa shape index (κ2) is 4.36. The predicted molar refractivity (Wildman–Crippen MR) is 56.0 cm³/mol. The SMILES string of the molecule is COc1c(C)c(O)c(F)c(C(C)=O)c1[N+](=O)[O-]. The molecule has 1 aromatic carbocycles. The van der Waals surface area contributed by atoms with Gasteiger partial charge in [-0.15, -0.1) is 0 Å². The number of halogens is 1. The number of carbonyl (C=O) groups is 1. The third-order valence-corrected chi connectivity index (χ3v) is 2.31. The fourth-order valence-corrected chi connectivity index (χ4v) is 1.53. The Morgan fingerprint density at radius 3 is 2.41 bits per heavy atom. The topological polar surface area (TPSA) is 89.7 Å². The van der Waals surface area contributed by atoms with Crippen molar-refractivity contribution in [2.75, 3.05) is 7.11 Å². The Bertz CT molecular complexity index is 512. The number of phenolic OH excluding ortho intramolecular Hbond substituents is 1. The maximum atomic E-state index is 13.6. The molecule has 1 rings (SSSR count). The van der Waals surface area contributed by atoms with Crippen molar-refractivity contribution in [1.82, 2.24) is 0 Å². The molecular formula is C10H10FNO5. The number of nitro groups is 1. The molecule has 7 heteroatoms. The average Bonchev–Trinajstić information content (AvgIpc) is 2.24. The number of hydrogen-bond acceptors (Lipinski definition) is 5. The summed E-state index contributed by atoms with van der Waals surface area (Å²) < 4.78 is 18.4. The van der Waals surface area contributed by atoms with Gasteiger partial charge in [0.1, 0.15) is 5.56 Å². The van der Waals surface area contributed by atoms with Crippen molar-refractivity contribution in [3.8, 4) is 11.5 Å². The highest BCUT2D eigenvalue weighted by atomic mass is 19.1. The molecule has 0 unspecified atom stereocenters. The van der Waals surface area contributed by atoms with Crippen LogP contribution in [-0.2, 0) is 0 Å². The van der Waals surface area contributed by atoms with Gasteiger partial charge in [-0.25, -0.2) is 4.39 Å². The van der Waals surface area contributed by atoms with E-state index in [0.717, 1.165) is 14.0 Å². The maximum absolute atomic E-state index is 13.6. The summed E-state index contributed by atoms with van der Waals surface area (Å²) in [6, 6.07) is 0. The van der Waals surface area contributed by atoms with E-state index in [0.29, 0.717) is 0 Å². The molecular weight excluding hydrogens is 233 g/mol. The minimum absolute atomic E-state index is 0.123. The number of ketones is 1. The van der Waals surface area contributed by atoms with Gasteiger partial charge in [-0.1, -0.05) is 0 Å². The Hall–Kier alpha value is -2.18. The molecule has 6 nitrogen and oxygen atoms in total. The summed E-state index contributed by atoms with van der Waals surface area (Å²) in [4.78, 5) is 21.1. The van der Waals surface area contributed by atoms with Crippen LogP contribution in [0.1, 0.15) is 22.8 Å². The first kappa shape index (κ1) is 12.9. The summed E-state index contributed by atoms with van der Waals surface area (Å²) in [6.45, 7) is 2.23. The quantitative estimate of drug-likeness (QED) is 0.498. The molecule has 92 valence electrons. The molecule has 0 aliphatic rings. The largest absolute Gasteiger partial charge is 0.505 e. The summed E-state index contributed by atoms with van der Waals surface area (Å²) in [6.07, 6.45) is 0. The fourth-order valence-electron chi connectivity index (χ4n) is 1.53. The molecule has 0 amide bonds. The summed E-state index contributed by atoms with van der Waals surface area (Å²) in [5.74, 6) is -3.30. The summed E-state index contributed by atoms with van der Waals surface area (Å²) in [5.41, 5.74) is -1.68. The summed E-state index contributed by atoms with van der Waals surface area (Å²) in [7, 11) is 1.14. The standard InChI is InChI=1S/C10H10FNO5/c1-4-9(14)7(11)6(5(2)13)8(12(15)16)10(4)17-3/h14H,1-3H3. The minimum atomic E-state index is -1.30. The summed E-state index contributed by atoms with van der Waals surface area (Å²) >= 11 is 0. The van der Waals surface area contributed by atoms with Gasteiger partial charge < -0.3 is 9.84 Å². The molecule has 0 heterocycles. The number of rotatable bonds is 3. The van der Waals surface area contributed by atoms with Crippen molar-refractivity contribution in [3.05, 3.63) is 27.1 Å². The molecule has 0 bridgehead atoms. The Labute approximate surface area is 95.8 Å². The van der Waals surface area contributed by atoms with E-state index in [4.69, 9.17) is 4.74 Å². The number of carbonyl (C=O) groups excluding carboxylic acids is 1. The van der Waals surface area contributed by atoms with Gasteiger partial charge in [0, 0.05) is 5.56 Å². The number of nitrogens with zero attached hydrogens (tertiary/aromatic N) is 1. The van der Waals surface area contributed by atoms with Gasteiger partial charge in [0.15, 0.2) is 17.3 Å². The molecule has 0 radical (unpaired) electrons.